The van der Waals surface area contributed by atoms with Gasteiger partial charge in [0.05, 0.1) is 23.0 Å². The van der Waals surface area contributed by atoms with Crippen LogP contribution in [-0.2, 0) is 14.3 Å². The van der Waals surface area contributed by atoms with Gasteiger partial charge < -0.3 is 15.4 Å². The van der Waals surface area contributed by atoms with Crippen LogP contribution >= 0.6 is 0 Å². The van der Waals surface area contributed by atoms with Gasteiger partial charge in [0.15, 0.2) is 0 Å². The summed E-state index contributed by atoms with van der Waals surface area (Å²) in [6, 6.07) is 12.0. The molecule has 0 radical (unpaired) electrons. The number of urea groups is 1. The number of carbonyl (C=O) groups excluding carboxylic acids is 3. The molecule has 0 bridgehead atoms. The lowest BCUT2D eigenvalue weighted by molar-refractivity contribution is -0.136. The lowest BCUT2D eigenvalue weighted by Gasteiger charge is -2.32. The number of nitrogens with one attached hydrogen (secondary N) is 2. The van der Waals surface area contributed by atoms with Crippen LogP contribution in [0.4, 0.5) is 14.9 Å². The first-order valence-corrected chi connectivity index (χ1v) is 9.03. The molecule has 29 heavy (non-hydrogen) atoms. The summed E-state index contributed by atoms with van der Waals surface area (Å²) in [5, 5.41) is 5.19. The van der Waals surface area contributed by atoms with E-state index >= 15 is 0 Å². The van der Waals surface area contributed by atoms with Crippen molar-refractivity contribution in [2.75, 3.05) is 18.5 Å². The molecule has 0 spiro atoms. The zero-order chi connectivity index (χ0) is 20.5. The summed E-state index contributed by atoms with van der Waals surface area (Å²) in [6.07, 6.45) is 0. The van der Waals surface area contributed by atoms with E-state index in [4.69, 9.17) is 4.74 Å². The SMILES string of the molecule is Cc1ccc([C@@H]2NC(=O)N(CC(=O)Nc3ccccc3F)C3=C2C(=O)OC3)cc1. The second-order valence-electron chi connectivity index (χ2n) is 6.84. The van der Waals surface area contributed by atoms with Crippen molar-refractivity contribution in [3.05, 3.63) is 76.7 Å². The van der Waals surface area contributed by atoms with Gasteiger partial charge in [0, 0.05) is 0 Å². The second kappa shape index (κ2) is 7.38. The number of anilines is 1. The predicted molar refractivity (Wildman–Crippen MR) is 102 cm³/mol. The van der Waals surface area contributed by atoms with Crippen LogP contribution in [0.1, 0.15) is 17.2 Å². The van der Waals surface area contributed by atoms with E-state index < -0.39 is 29.8 Å². The van der Waals surface area contributed by atoms with Gasteiger partial charge in [-0.05, 0) is 24.6 Å². The molecular weight excluding hydrogens is 377 g/mol. The Balaban J connectivity index is 1.60. The van der Waals surface area contributed by atoms with E-state index in [1.165, 1.54) is 18.2 Å². The first-order chi connectivity index (χ1) is 13.9. The van der Waals surface area contributed by atoms with Gasteiger partial charge in [-0.1, -0.05) is 42.0 Å². The molecule has 0 saturated heterocycles. The van der Waals surface area contributed by atoms with Crippen molar-refractivity contribution < 1.29 is 23.5 Å². The molecule has 148 valence electrons. The van der Waals surface area contributed by atoms with Crippen molar-refractivity contribution in [1.82, 2.24) is 10.2 Å². The van der Waals surface area contributed by atoms with Crippen molar-refractivity contribution in [2.45, 2.75) is 13.0 Å². The van der Waals surface area contributed by atoms with Crippen molar-refractivity contribution in [2.24, 2.45) is 0 Å². The third-order valence-corrected chi connectivity index (χ3v) is 4.86. The summed E-state index contributed by atoms with van der Waals surface area (Å²) in [6.45, 7) is 1.46. The van der Waals surface area contributed by atoms with Gasteiger partial charge in [0.25, 0.3) is 0 Å². The number of aryl methyl sites for hydroxylation is 1. The molecule has 2 aliphatic rings. The number of amides is 3. The van der Waals surface area contributed by atoms with Gasteiger partial charge in [-0.25, -0.2) is 14.0 Å². The first-order valence-electron chi connectivity index (χ1n) is 9.03. The van der Waals surface area contributed by atoms with E-state index in [1.807, 2.05) is 31.2 Å². The Morgan fingerprint density at radius 3 is 2.66 bits per heavy atom. The summed E-state index contributed by atoms with van der Waals surface area (Å²) >= 11 is 0. The highest BCUT2D eigenvalue weighted by molar-refractivity contribution is 6.00. The maximum Gasteiger partial charge on any atom is 0.338 e. The van der Waals surface area contributed by atoms with E-state index in [2.05, 4.69) is 10.6 Å². The molecule has 1 atom stereocenters. The van der Waals surface area contributed by atoms with Crippen molar-refractivity contribution in [1.29, 1.82) is 0 Å². The largest absolute Gasteiger partial charge is 0.456 e. The molecule has 0 unspecified atom stereocenters. The Kier molecular flexibility index (Phi) is 4.75. The number of cyclic esters (lactones) is 1. The van der Waals surface area contributed by atoms with Crippen LogP contribution in [0, 0.1) is 12.7 Å². The highest BCUT2D eigenvalue weighted by Crippen LogP contribution is 2.35. The monoisotopic (exact) mass is 395 g/mol. The van der Waals surface area contributed by atoms with E-state index in [0.717, 1.165) is 16.0 Å². The Morgan fingerprint density at radius 2 is 1.93 bits per heavy atom. The third kappa shape index (κ3) is 3.56. The Bertz CT molecular complexity index is 1030. The van der Waals surface area contributed by atoms with Crippen LogP contribution in [0.15, 0.2) is 59.8 Å². The molecule has 7 nitrogen and oxygen atoms in total. The lowest BCUT2D eigenvalue weighted by atomic mass is 9.95. The number of ether oxygens (including phenoxy) is 1. The normalized spacial score (nSPS) is 18.3. The van der Waals surface area contributed by atoms with Gasteiger partial charge in [0.1, 0.15) is 19.0 Å². The number of hydrogen-bond donors (Lipinski definition) is 2. The fourth-order valence-corrected chi connectivity index (χ4v) is 3.38. The molecule has 0 saturated carbocycles. The van der Waals surface area contributed by atoms with Crippen LogP contribution < -0.4 is 10.6 Å². The molecule has 2 N–H and O–H groups in total. The predicted octanol–water partition coefficient (Wildman–Crippen LogP) is 2.65. The van der Waals surface area contributed by atoms with Crippen LogP contribution in [0.3, 0.4) is 0 Å². The highest BCUT2D eigenvalue weighted by Gasteiger charge is 2.42. The number of benzene rings is 2. The maximum atomic E-state index is 13.8. The van der Waals surface area contributed by atoms with E-state index in [9.17, 15) is 18.8 Å². The molecule has 0 fully saturated rings. The van der Waals surface area contributed by atoms with Crippen LogP contribution in [0.2, 0.25) is 0 Å². The number of esters is 1. The quantitative estimate of drug-likeness (QED) is 0.779. The minimum atomic E-state index is -0.654. The Labute approximate surface area is 166 Å². The van der Waals surface area contributed by atoms with Crippen molar-refractivity contribution in [3.8, 4) is 0 Å². The average Bonchev–Trinajstić information content (AvgIpc) is 3.08. The van der Waals surface area contributed by atoms with E-state index in [-0.39, 0.29) is 18.8 Å². The fraction of sp³-hybridized carbons (Fsp3) is 0.190. The van der Waals surface area contributed by atoms with Gasteiger partial charge in [-0.2, -0.15) is 0 Å². The molecule has 2 aromatic rings. The maximum absolute atomic E-state index is 13.8. The number of para-hydroxylation sites is 1. The third-order valence-electron chi connectivity index (χ3n) is 4.86. The van der Waals surface area contributed by atoms with Crippen molar-refractivity contribution in [3.63, 3.8) is 0 Å². The summed E-state index contributed by atoms with van der Waals surface area (Å²) in [4.78, 5) is 38.6. The number of nitrogens with zero attached hydrogens (tertiary/aromatic N) is 1. The molecule has 4 rings (SSSR count). The lowest BCUT2D eigenvalue weighted by Crippen LogP contribution is -2.49. The number of halogens is 1. The number of hydrogen-bond acceptors (Lipinski definition) is 4. The van der Waals surface area contributed by atoms with Gasteiger partial charge in [-0.3, -0.25) is 9.69 Å². The molecule has 0 aromatic heterocycles. The van der Waals surface area contributed by atoms with E-state index in [0.29, 0.717) is 11.3 Å². The van der Waals surface area contributed by atoms with E-state index in [1.54, 1.807) is 6.07 Å². The standard InChI is InChI=1S/C21H18FN3O4/c1-12-6-8-13(9-7-12)19-18-16(11-29-20(18)27)25(21(28)24-19)10-17(26)23-15-5-3-2-4-14(15)22/h2-9,19H,10-11H2,1H3,(H,23,26)(H,24,28)/t19-/m0/s1. The molecule has 0 aliphatic carbocycles. The summed E-state index contributed by atoms with van der Waals surface area (Å²) in [5.74, 6) is -1.71. The highest BCUT2D eigenvalue weighted by atomic mass is 19.1. The van der Waals surface area contributed by atoms with Gasteiger partial charge >= 0.3 is 12.0 Å². The van der Waals surface area contributed by atoms with Gasteiger partial charge in [-0.15, -0.1) is 0 Å². The fourth-order valence-electron chi connectivity index (χ4n) is 3.38. The Hall–Kier alpha value is -3.68. The Morgan fingerprint density at radius 1 is 1.21 bits per heavy atom. The second-order valence-corrected chi connectivity index (χ2v) is 6.84. The molecule has 8 heteroatoms. The number of carbonyl (C=O) groups is 3. The van der Waals surface area contributed by atoms with Crippen molar-refractivity contribution >= 4 is 23.6 Å². The minimum Gasteiger partial charge on any atom is -0.456 e. The topological polar surface area (TPSA) is 87.7 Å². The average molecular weight is 395 g/mol. The first kappa shape index (κ1) is 18.7. The van der Waals surface area contributed by atoms with Gasteiger partial charge in [0.2, 0.25) is 5.91 Å². The summed E-state index contributed by atoms with van der Waals surface area (Å²) < 4.78 is 18.9. The number of rotatable bonds is 4. The molecule has 2 aromatic carbocycles. The molecule has 3 amide bonds. The zero-order valence-corrected chi connectivity index (χ0v) is 15.6. The summed E-state index contributed by atoms with van der Waals surface area (Å²) in [7, 11) is 0. The minimum absolute atomic E-state index is 0.0143. The molecule has 2 aliphatic heterocycles. The van der Waals surface area contributed by atoms with Crippen LogP contribution in [-0.4, -0.2) is 36.0 Å². The van der Waals surface area contributed by atoms with Crippen LogP contribution in [0.25, 0.3) is 0 Å². The zero-order valence-electron chi connectivity index (χ0n) is 15.6. The molecule has 2 heterocycles. The smallest absolute Gasteiger partial charge is 0.338 e. The summed E-state index contributed by atoms with van der Waals surface area (Å²) in [5.41, 5.74) is 2.44. The molecular formula is C21H18FN3O4. The van der Waals surface area contributed by atoms with Crippen LogP contribution in [0.5, 0.6) is 0 Å².